The number of amides is 1. The molecule has 0 radical (unpaired) electrons. The van der Waals surface area contributed by atoms with Crippen LogP contribution in [0.1, 0.15) is 6.42 Å². The maximum atomic E-state index is 11.0. The number of rotatable bonds is 2. The lowest BCUT2D eigenvalue weighted by Crippen LogP contribution is -2.27. The minimum absolute atomic E-state index is 0.00268. The van der Waals surface area contributed by atoms with E-state index in [0.29, 0.717) is 0 Å². The maximum Gasteiger partial charge on any atom is 0.222 e. The first-order valence-corrected chi connectivity index (χ1v) is 5.76. The lowest BCUT2D eigenvalue weighted by atomic mass is 10.1. The molecule has 1 aliphatic heterocycles. The molecule has 1 aromatic rings. The summed E-state index contributed by atoms with van der Waals surface area (Å²) in [5.74, 6) is -0.193. The van der Waals surface area contributed by atoms with Crippen molar-refractivity contribution >= 4 is 27.5 Å². The number of para-hydroxylation sites is 1. The molecule has 1 atom stereocenters. The van der Waals surface area contributed by atoms with E-state index in [1.165, 1.54) is 0 Å². The van der Waals surface area contributed by atoms with Crippen molar-refractivity contribution < 1.29 is 4.79 Å². The number of halogens is 1. The van der Waals surface area contributed by atoms with Crippen LogP contribution in [0.25, 0.3) is 0 Å². The molecule has 15 heavy (non-hydrogen) atoms. The molecule has 1 saturated heterocycles. The van der Waals surface area contributed by atoms with Crippen LogP contribution in [0, 0.1) is 5.92 Å². The Morgan fingerprint density at radius 2 is 2.20 bits per heavy atom. The van der Waals surface area contributed by atoms with Crippen molar-refractivity contribution in [2.45, 2.75) is 6.42 Å². The van der Waals surface area contributed by atoms with Gasteiger partial charge in [0.05, 0.1) is 11.6 Å². The topological polar surface area (TPSA) is 46.3 Å². The molecule has 2 rings (SSSR count). The minimum atomic E-state index is -0.190. The molecule has 0 aliphatic carbocycles. The highest BCUT2D eigenvalue weighted by Gasteiger charge is 2.27. The molecule has 1 unspecified atom stereocenters. The molecule has 1 amide bonds. The van der Waals surface area contributed by atoms with Crippen LogP contribution in [0.2, 0.25) is 0 Å². The van der Waals surface area contributed by atoms with E-state index in [4.69, 9.17) is 5.73 Å². The molecule has 0 aromatic heterocycles. The van der Waals surface area contributed by atoms with Crippen molar-refractivity contribution in [2.24, 2.45) is 11.7 Å². The molecule has 4 heteroatoms. The minimum Gasteiger partial charge on any atom is -0.370 e. The second kappa shape index (κ2) is 4.23. The number of carbonyl (C=O) groups is 1. The zero-order chi connectivity index (χ0) is 10.8. The Kier molecular flexibility index (Phi) is 2.95. The van der Waals surface area contributed by atoms with Gasteiger partial charge in [0.2, 0.25) is 5.91 Å². The number of carbonyl (C=O) groups excluding carboxylic acids is 1. The molecule has 1 aliphatic rings. The van der Waals surface area contributed by atoms with Crippen molar-refractivity contribution in [3.63, 3.8) is 0 Å². The Labute approximate surface area is 97.4 Å². The number of anilines is 1. The molecule has 1 aromatic carbocycles. The average Bonchev–Trinajstić information content (AvgIpc) is 2.67. The summed E-state index contributed by atoms with van der Waals surface area (Å²) in [5.41, 5.74) is 6.44. The fourth-order valence-corrected chi connectivity index (χ4v) is 2.46. The van der Waals surface area contributed by atoms with Gasteiger partial charge in [-0.15, -0.1) is 0 Å². The van der Waals surface area contributed by atoms with Crippen LogP contribution in [0.15, 0.2) is 28.7 Å². The van der Waals surface area contributed by atoms with E-state index in [1.54, 1.807) is 0 Å². The number of nitrogens with two attached hydrogens (primary N) is 1. The Balaban J connectivity index is 2.14. The summed E-state index contributed by atoms with van der Waals surface area (Å²) in [7, 11) is 0. The van der Waals surface area contributed by atoms with Crippen LogP contribution in [0.3, 0.4) is 0 Å². The zero-order valence-electron chi connectivity index (χ0n) is 8.32. The Bertz CT molecular complexity index is 381. The summed E-state index contributed by atoms with van der Waals surface area (Å²) in [6.45, 7) is 1.63. The van der Waals surface area contributed by atoms with Crippen molar-refractivity contribution in [1.29, 1.82) is 0 Å². The van der Waals surface area contributed by atoms with Crippen molar-refractivity contribution in [1.82, 2.24) is 0 Å². The fraction of sp³-hybridized carbons (Fsp3) is 0.364. The summed E-state index contributed by atoms with van der Waals surface area (Å²) in [5, 5.41) is 0. The monoisotopic (exact) mass is 268 g/mol. The second-order valence-electron chi connectivity index (χ2n) is 3.79. The SMILES string of the molecule is NC(=O)C1CCN(c2ccccc2Br)C1. The van der Waals surface area contributed by atoms with E-state index in [-0.39, 0.29) is 11.8 Å². The van der Waals surface area contributed by atoms with Gasteiger partial charge in [-0.25, -0.2) is 0 Å². The van der Waals surface area contributed by atoms with Gasteiger partial charge in [0, 0.05) is 17.6 Å². The fourth-order valence-electron chi connectivity index (χ4n) is 1.92. The van der Waals surface area contributed by atoms with Crippen molar-refractivity contribution in [3.8, 4) is 0 Å². The first kappa shape index (κ1) is 10.5. The molecule has 80 valence electrons. The van der Waals surface area contributed by atoms with E-state index >= 15 is 0 Å². The Morgan fingerprint density at radius 3 is 2.80 bits per heavy atom. The van der Waals surface area contributed by atoms with Crippen LogP contribution in [0.4, 0.5) is 5.69 Å². The summed E-state index contributed by atoms with van der Waals surface area (Å²) < 4.78 is 1.06. The molecule has 1 heterocycles. The van der Waals surface area contributed by atoms with Gasteiger partial charge >= 0.3 is 0 Å². The first-order valence-electron chi connectivity index (χ1n) is 4.97. The summed E-state index contributed by atoms with van der Waals surface area (Å²) in [6.07, 6.45) is 0.858. The normalized spacial score (nSPS) is 20.6. The third-order valence-corrected chi connectivity index (χ3v) is 3.45. The molecule has 0 spiro atoms. The van der Waals surface area contributed by atoms with Gasteiger partial charge in [-0.2, -0.15) is 0 Å². The quantitative estimate of drug-likeness (QED) is 0.889. The maximum absolute atomic E-state index is 11.0. The highest BCUT2D eigenvalue weighted by atomic mass is 79.9. The molecule has 2 N–H and O–H groups in total. The van der Waals surface area contributed by atoms with E-state index in [1.807, 2.05) is 24.3 Å². The highest BCUT2D eigenvalue weighted by Crippen LogP contribution is 2.30. The molecule has 1 fully saturated rings. The molecular formula is C11H13BrN2O. The predicted molar refractivity (Wildman–Crippen MR) is 63.7 cm³/mol. The summed E-state index contributed by atoms with van der Waals surface area (Å²) >= 11 is 3.51. The van der Waals surface area contributed by atoms with Crippen LogP contribution >= 0.6 is 15.9 Å². The van der Waals surface area contributed by atoms with Gasteiger partial charge < -0.3 is 10.6 Å². The van der Waals surface area contributed by atoms with Crippen LogP contribution in [0.5, 0.6) is 0 Å². The average molecular weight is 269 g/mol. The van der Waals surface area contributed by atoms with Crippen LogP contribution in [-0.4, -0.2) is 19.0 Å². The molecule has 0 bridgehead atoms. The third kappa shape index (κ3) is 2.15. The number of primary amides is 1. The van der Waals surface area contributed by atoms with Gasteiger partial charge in [-0.3, -0.25) is 4.79 Å². The molecule has 3 nitrogen and oxygen atoms in total. The van der Waals surface area contributed by atoms with Crippen molar-refractivity contribution in [2.75, 3.05) is 18.0 Å². The summed E-state index contributed by atoms with van der Waals surface area (Å²) in [6, 6.07) is 8.04. The van der Waals surface area contributed by atoms with Crippen LogP contribution < -0.4 is 10.6 Å². The van der Waals surface area contributed by atoms with Gasteiger partial charge in [-0.05, 0) is 34.5 Å². The lowest BCUT2D eigenvalue weighted by molar-refractivity contribution is -0.121. The van der Waals surface area contributed by atoms with E-state index in [9.17, 15) is 4.79 Å². The van der Waals surface area contributed by atoms with Gasteiger partial charge in [-0.1, -0.05) is 12.1 Å². The number of hydrogen-bond acceptors (Lipinski definition) is 2. The Hall–Kier alpha value is -1.03. The third-order valence-electron chi connectivity index (χ3n) is 2.78. The Morgan fingerprint density at radius 1 is 1.47 bits per heavy atom. The van der Waals surface area contributed by atoms with E-state index < -0.39 is 0 Å². The lowest BCUT2D eigenvalue weighted by Gasteiger charge is -2.19. The number of benzene rings is 1. The largest absolute Gasteiger partial charge is 0.370 e. The van der Waals surface area contributed by atoms with Gasteiger partial charge in [0.25, 0.3) is 0 Å². The number of nitrogens with zero attached hydrogens (tertiary/aromatic N) is 1. The van der Waals surface area contributed by atoms with E-state index in [2.05, 4.69) is 20.8 Å². The van der Waals surface area contributed by atoms with E-state index in [0.717, 1.165) is 29.7 Å². The molecule has 0 saturated carbocycles. The highest BCUT2D eigenvalue weighted by molar-refractivity contribution is 9.10. The summed E-state index contributed by atoms with van der Waals surface area (Å²) in [4.78, 5) is 13.2. The van der Waals surface area contributed by atoms with Gasteiger partial charge in [0.1, 0.15) is 0 Å². The molecular weight excluding hydrogens is 256 g/mol. The van der Waals surface area contributed by atoms with Crippen molar-refractivity contribution in [3.05, 3.63) is 28.7 Å². The van der Waals surface area contributed by atoms with Crippen LogP contribution in [-0.2, 0) is 4.79 Å². The smallest absolute Gasteiger partial charge is 0.222 e. The second-order valence-corrected chi connectivity index (χ2v) is 4.64. The zero-order valence-corrected chi connectivity index (χ0v) is 9.90. The standard InChI is InChI=1S/C11H13BrN2O/c12-9-3-1-2-4-10(9)14-6-5-8(7-14)11(13)15/h1-4,8H,5-7H2,(H2,13,15). The predicted octanol–water partition coefficient (Wildman–Crippen LogP) is 1.76. The number of hydrogen-bond donors (Lipinski definition) is 1. The van der Waals surface area contributed by atoms with Gasteiger partial charge in [0.15, 0.2) is 0 Å². The first-order chi connectivity index (χ1) is 7.18.